The first-order valence-corrected chi connectivity index (χ1v) is 7.98. The molecule has 1 aliphatic rings. The molecule has 0 aromatic carbocycles. The van der Waals surface area contributed by atoms with Crippen LogP contribution in [-0.2, 0) is 6.61 Å². The van der Waals surface area contributed by atoms with Gasteiger partial charge in [0.1, 0.15) is 5.82 Å². The van der Waals surface area contributed by atoms with Crippen molar-refractivity contribution in [2.75, 3.05) is 31.6 Å². The standard InChI is InChI=1S/C16H28N4O/c1-5-20-8-6-7-13(20)10-19(4)15-9-17-16(12(2)3)18-14(15)11-21/h9,12-13,21H,5-8,10-11H2,1-4H3. The molecule has 1 saturated heterocycles. The van der Waals surface area contributed by atoms with E-state index in [-0.39, 0.29) is 12.5 Å². The van der Waals surface area contributed by atoms with Crippen molar-refractivity contribution in [3.63, 3.8) is 0 Å². The van der Waals surface area contributed by atoms with Crippen molar-refractivity contribution in [2.24, 2.45) is 0 Å². The molecule has 1 aliphatic heterocycles. The molecule has 1 aromatic rings. The lowest BCUT2D eigenvalue weighted by molar-refractivity contribution is 0.267. The molecule has 0 spiro atoms. The molecule has 5 nitrogen and oxygen atoms in total. The van der Waals surface area contributed by atoms with E-state index in [0.29, 0.717) is 6.04 Å². The minimum atomic E-state index is -0.0376. The topological polar surface area (TPSA) is 52.5 Å². The van der Waals surface area contributed by atoms with Crippen molar-refractivity contribution in [1.82, 2.24) is 14.9 Å². The van der Waals surface area contributed by atoms with Gasteiger partial charge in [-0.3, -0.25) is 4.90 Å². The second-order valence-corrected chi connectivity index (χ2v) is 6.18. The molecule has 1 atom stereocenters. The summed E-state index contributed by atoms with van der Waals surface area (Å²) in [5, 5.41) is 9.61. The Morgan fingerprint density at radius 3 is 2.86 bits per heavy atom. The van der Waals surface area contributed by atoms with E-state index in [4.69, 9.17) is 0 Å². The molecule has 0 radical (unpaired) electrons. The van der Waals surface area contributed by atoms with E-state index in [2.05, 4.69) is 47.6 Å². The van der Waals surface area contributed by atoms with Crippen molar-refractivity contribution < 1.29 is 5.11 Å². The number of likely N-dealkylation sites (N-methyl/N-ethyl adjacent to an activating group) is 2. The second kappa shape index (κ2) is 7.18. The Kier molecular flexibility index (Phi) is 5.53. The molecule has 0 amide bonds. The summed E-state index contributed by atoms with van der Waals surface area (Å²) in [5.74, 6) is 1.08. The summed E-state index contributed by atoms with van der Waals surface area (Å²) < 4.78 is 0. The van der Waals surface area contributed by atoms with Gasteiger partial charge in [-0.05, 0) is 25.9 Å². The van der Waals surface area contributed by atoms with Crippen LogP contribution in [0.1, 0.15) is 51.0 Å². The summed E-state index contributed by atoms with van der Waals surface area (Å²) in [6.07, 6.45) is 4.39. The van der Waals surface area contributed by atoms with Crippen molar-refractivity contribution >= 4 is 5.69 Å². The van der Waals surface area contributed by atoms with Crippen LogP contribution in [0.4, 0.5) is 5.69 Å². The first-order valence-electron chi connectivity index (χ1n) is 7.98. The summed E-state index contributed by atoms with van der Waals surface area (Å²) in [5.41, 5.74) is 1.68. The Bertz CT molecular complexity index is 464. The van der Waals surface area contributed by atoms with Gasteiger partial charge in [0.2, 0.25) is 0 Å². The summed E-state index contributed by atoms with van der Waals surface area (Å²) in [7, 11) is 2.07. The molecular weight excluding hydrogens is 264 g/mol. The number of aliphatic hydroxyl groups excluding tert-OH is 1. The minimum Gasteiger partial charge on any atom is -0.390 e. The number of anilines is 1. The van der Waals surface area contributed by atoms with E-state index in [1.165, 1.54) is 19.4 Å². The molecule has 0 saturated carbocycles. The van der Waals surface area contributed by atoms with Gasteiger partial charge in [0, 0.05) is 25.6 Å². The predicted molar refractivity (Wildman–Crippen MR) is 85.6 cm³/mol. The summed E-state index contributed by atoms with van der Waals surface area (Å²) in [6.45, 7) is 9.58. The average molecular weight is 292 g/mol. The Hall–Kier alpha value is -1.20. The Morgan fingerprint density at radius 2 is 2.24 bits per heavy atom. The molecule has 2 heterocycles. The van der Waals surface area contributed by atoms with Gasteiger partial charge in [0.25, 0.3) is 0 Å². The van der Waals surface area contributed by atoms with E-state index in [1.54, 1.807) is 0 Å². The van der Waals surface area contributed by atoms with Crippen LogP contribution < -0.4 is 4.90 Å². The zero-order chi connectivity index (χ0) is 15.4. The Labute approximate surface area is 128 Å². The van der Waals surface area contributed by atoms with Crippen molar-refractivity contribution in [3.05, 3.63) is 17.7 Å². The lowest BCUT2D eigenvalue weighted by Gasteiger charge is -2.29. The number of likely N-dealkylation sites (tertiary alicyclic amines) is 1. The number of rotatable bonds is 6. The molecule has 1 aromatic heterocycles. The molecule has 5 heteroatoms. The van der Waals surface area contributed by atoms with Gasteiger partial charge in [-0.2, -0.15) is 0 Å². The highest BCUT2D eigenvalue weighted by molar-refractivity contribution is 5.48. The number of aromatic nitrogens is 2. The van der Waals surface area contributed by atoms with Crippen LogP contribution in [0.5, 0.6) is 0 Å². The fourth-order valence-electron chi connectivity index (χ4n) is 3.07. The highest BCUT2D eigenvalue weighted by Crippen LogP contribution is 2.23. The van der Waals surface area contributed by atoms with Gasteiger partial charge in [-0.15, -0.1) is 0 Å². The molecule has 2 rings (SSSR count). The fourth-order valence-corrected chi connectivity index (χ4v) is 3.07. The molecule has 1 fully saturated rings. The Balaban J connectivity index is 2.13. The summed E-state index contributed by atoms with van der Waals surface area (Å²) >= 11 is 0. The number of hydrogen-bond acceptors (Lipinski definition) is 5. The first kappa shape index (κ1) is 16.2. The van der Waals surface area contributed by atoms with Gasteiger partial charge < -0.3 is 10.0 Å². The minimum absolute atomic E-state index is 0.0376. The number of nitrogens with zero attached hydrogens (tertiary/aromatic N) is 4. The van der Waals surface area contributed by atoms with Crippen molar-refractivity contribution in [2.45, 2.75) is 52.2 Å². The van der Waals surface area contributed by atoms with E-state index in [0.717, 1.165) is 30.3 Å². The largest absolute Gasteiger partial charge is 0.390 e. The summed E-state index contributed by atoms with van der Waals surface area (Å²) in [4.78, 5) is 13.7. The molecule has 21 heavy (non-hydrogen) atoms. The van der Waals surface area contributed by atoms with Gasteiger partial charge in [-0.25, -0.2) is 9.97 Å². The van der Waals surface area contributed by atoms with E-state index >= 15 is 0 Å². The maximum Gasteiger partial charge on any atom is 0.131 e. The third kappa shape index (κ3) is 3.71. The molecule has 0 bridgehead atoms. The fraction of sp³-hybridized carbons (Fsp3) is 0.750. The predicted octanol–water partition coefficient (Wildman–Crippen LogP) is 2.01. The molecule has 1 N–H and O–H groups in total. The zero-order valence-corrected chi connectivity index (χ0v) is 13.7. The van der Waals surface area contributed by atoms with Crippen LogP contribution in [0.15, 0.2) is 6.20 Å². The van der Waals surface area contributed by atoms with Gasteiger partial charge >= 0.3 is 0 Å². The zero-order valence-electron chi connectivity index (χ0n) is 13.7. The van der Waals surface area contributed by atoms with Gasteiger partial charge in [0.05, 0.1) is 24.2 Å². The van der Waals surface area contributed by atoms with Gasteiger partial charge in [0.15, 0.2) is 0 Å². The second-order valence-electron chi connectivity index (χ2n) is 6.18. The highest BCUT2D eigenvalue weighted by atomic mass is 16.3. The first-order chi connectivity index (χ1) is 10.1. The monoisotopic (exact) mass is 292 g/mol. The molecular formula is C16H28N4O. The smallest absolute Gasteiger partial charge is 0.131 e. The van der Waals surface area contributed by atoms with Crippen LogP contribution in [0, 0.1) is 0 Å². The van der Waals surface area contributed by atoms with Crippen LogP contribution in [-0.4, -0.2) is 52.7 Å². The van der Waals surface area contributed by atoms with Crippen LogP contribution in [0.25, 0.3) is 0 Å². The van der Waals surface area contributed by atoms with Crippen LogP contribution in [0.3, 0.4) is 0 Å². The summed E-state index contributed by atoms with van der Waals surface area (Å²) in [6, 6.07) is 0.594. The average Bonchev–Trinajstić information content (AvgIpc) is 2.93. The number of aliphatic hydroxyl groups is 1. The van der Waals surface area contributed by atoms with Gasteiger partial charge in [-0.1, -0.05) is 20.8 Å². The normalized spacial score (nSPS) is 19.4. The molecule has 0 aliphatic carbocycles. The third-order valence-corrected chi connectivity index (χ3v) is 4.33. The van der Waals surface area contributed by atoms with E-state index in [9.17, 15) is 5.11 Å². The molecule has 118 valence electrons. The molecule has 1 unspecified atom stereocenters. The quantitative estimate of drug-likeness (QED) is 0.869. The van der Waals surface area contributed by atoms with Crippen LogP contribution in [0.2, 0.25) is 0 Å². The van der Waals surface area contributed by atoms with Crippen molar-refractivity contribution in [1.29, 1.82) is 0 Å². The Morgan fingerprint density at radius 1 is 1.48 bits per heavy atom. The lowest BCUT2D eigenvalue weighted by Crippen LogP contribution is -2.39. The maximum atomic E-state index is 9.61. The third-order valence-electron chi connectivity index (χ3n) is 4.33. The van der Waals surface area contributed by atoms with E-state index < -0.39 is 0 Å². The maximum absolute atomic E-state index is 9.61. The van der Waals surface area contributed by atoms with E-state index in [1.807, 2.05) is 6.20 Å². The SMILES string of the molecule is CCN1CCCC1CN(C)c1cnc(C(C)C)nc1CO. The highest BCUT2D eigenvalue weighted by Gasteiger charge is 2.25. The van der Waals surface area contributed by atoms with Crippen molar-refractivity contribution in [3.8, 4) is 0 Å². The number of hydrogen-bond donors (Lipinski definition) is 1. The van der Waals surface area contributed by atoms with Crippen LogP contribution >= 0.6 is 0 Å². The lowest BCUT2D eigenvalue weighted by atomic mass is 10.2.